The van der Waals surface area contributed by atoms with Gasteiger partial charge in [0.1, 0.15) is 11.4 Å². The van der Waals surface area contributed by atoms with Gasteiger partial charge in [-0.05, 0) is 24.3 Å². The number of aromatic nitrogens is 1. The zero-order valence-electron chi connectivity index (χ0n) is 10.6. The first-order valence-electron chi connectivity index (χ1n) is 5.60. The molecule has 0 saturated heterocycles. The van der Waals surface area contributed by atoms with Crippen molar-refractivity contribution in [2.75, 3.05) is 14.2 Å². The monoisotopic (exact) mass is 259 g/mol. The Hall–Kier alpha value is -2.56. The Bertz CT molecular complexity index is 566. The van der Waals surface area contributed by atoms with Gasteiger partial charge in [-0.25, -0.2) is 9.78 Å². The van der Waals surface area contributed by atoms with Gasteiger partial charge in [0.2, 0.25) is 0 Å². The lowest BCUT2D eigenvalue weighted by Crippen LogP contribution is -2.03. The Balaban J connectivity index is 2.17. The Kier molecular flexibility index (Phi) is 3.97. The summed E-state index contributed by atoms with van der Waals surface area (Å²) in [7, 11) is 2.88. The van der Waals surface area contributed by atoms with Crippen LogP contribution in [-0.2, 0) is 4.74 Å². The minimum Gasteiger partial charge on any atom is -0.493 e. The molecule has 0 aliphatic rings. The van der Waals surface area contributed by atoms with Crippen LogP contribution in [0.3, 0.4) is 0 Å². The molecule has 0 saturated carbocycles. The highest BCUT2D eigenvalue weighted by molar-refractivity contribution is 5.87. The van der Waals surface area contributed by atoms with Gasteiger partial charge in [-0.1, -0.05) is 12.1 Å². The number of para-hydroxylation sites is 2. The van der Waals surface area contributed by atoms with Crippen molar-refractivity contribution in [3.8, 4) is 17.2 Å². The van der Waals surface area contributed by atoms with Crippen LogP contribution >= 0.6 is 0 Å². The van der Waals surface area contributed by atoms with E-state index in [2.05, 4.69) is 9.72 Å². The SMILES string of the molecule is COC(=O)c1ccc(Oc2ccccc2OC)cn1. The third-order valence-corrected chi connectivity index (χ3v) is 2.43. The molecule has 98 valence electrons. The molecule has 5 heteroatoms. The quantitative estimate of drug-likeness (QED) is 0.790. The van der Waals surface area contributed by atoms with Crippen LogP contribution in [0.4, 0.5) is 0 Å². The predicted molar refractivity (Wildman–Crippen MR) is 68.6 cm³/mol. The van der Waals surface area contributed by atoms with Gasteiger partial charge < -0.3 is 14.2 Å². The average molecular weight is 259 g/mol. The van der Waals surface area contributed by atoms with Crippen LogP contribution in [-0.4, -0.2) is 25.2 Å². The number of methoxy groups -OCH3 is 2. The van der Waals surface area contributed by atoms with E-state index in [1.807, 2.05) is 12.1 Å². The Morgan fingerprint density at radius 2 is 1.79 bits per heavy atom. The summed E-state index contributed by atoms with van der Waals surface area (Å²) in [5, 5.41) is 0. The van der Waals surface area contributed by atoms with E-state index in [4.69, 9.17) is 9.47 Å². The molecule has 5 nitrogen and oxygen atoms in total. The molecule has 0 fully saturated rings. The Labute approximate surface area is 110 Å². The lowest BCUT2D eigenvalue weighted by atomic mass is 10.3. The van der Waals surface area contributed by atoms with Gasteiger partial charge in [0.15, 0.2) is 11.5 Å². The van der Waals surface area contributed by atoms with Crippen molar-refractivity contribution in [3.63, 3.8) is 0 Å². The highest BCUT2D eigenvalue weighted by Gasteiger charge is 2.08. The van der Waals surface area contributed by atoms with Crippen molar-refractivity contribution >= 4 is 5.97 Å². The molecule has 0 radical (unpaired) electrons. The molecule has 0 aliphatic carbocycles. The molecule has 1 aromatic carbocycles. The summed E-state index contributed by atoms with van der Waals surface area (Å²) in [5.41, 5.74) is 0.231. The predicted octanol–water partition coefficient (Wildman–Crippen LogP) is 2.67. The summed E-state index contributed by atoms with van der Waals surface area (Å²) in [5.74, 6) is 1.23. The average Bonchev–Trinajstić information content (AvgIpc) is 2.48. The number of hydrogen-bond donors (Lipinski definition) is 0. The van der Waals surface area contributed by atoms with E-state index in [0.717, 1.165) is 0 Å². The Morgan fingerprint density at radius 3 is 2.37 bits per heavy atom. The number of benzene rings is 1. The smallest absolute Gasteiger partial charge is 0.356 e. The zero-order valence-corrected chi connectivity index (χ0v) is 10.6. The third-order valence-electron chi connectivity index (χ3n) is 2.43. The number of rotatable bonds is 4. The summed E-state index contributed by atoms with van der Waals surface area (Å²) < 4.78 is 15.4. The van der Waals surface area contributed by atoms with E-state index < -0.39 is 5.97 Å². The zero-order chi connectivity index (χ0) is 13.7. The molecule has 0 bridgehead atoms. The van der Waals surface area contributed by atoms with Gasteiger partial charge in [-0.15, -0.1) is 0 Å². The van der Waals surface area contributed by atoms with Crippen LogP contribution in [0.5, 0.6) is 17.2 Å². The van der Waals surface area contributed by atoms with E-state index in [0.29, 0.717) is 17.2 Å². The number of esters is 1. The van der Waals surface area contributed by atoms with E-state index in [1.165, 1.54) is 19.4 Å². The number of carbonyl (C=O) groups excluding carboxylic acids is 1. The molecule has 0 aliphatic heterocycles. The van der Waals surface area contributed by atoms with Gasteiger partial charge in [0, 0.05) is 0 Å². The van der Waals surface area contributed by atoms with Crippen molar-refractivity contribution < 1.29 is 19.0 Å². The normalized spacial score (nSPS) is 9.79. The summed E-state index contributed by atoms with van der Waals surface area (Å²) in [6, 6.07) is 10.5. The minimum absolute atomic E-state index is 0.231. The Morgan fingerprint density at radius 1 is 1.05 bits per heavy atom. The lowest BCUT2D eigenvalue weighted by molar-refractivity contribution is 0.0594. The van der Waals surface area contributed by atoms with Crippen molar-refractivity contribution in [3.05, 3.63) is 48.3 Å². The first-order chi connectivity index (χ1) is 9.24. The topological polar surface area (TPSA) is 57.7 Å². The third kappa shape index (κ3) is 3.01. The second-order valence-electron chi connectivity index (χ2n) is 3.62. The molecule has 19 heavy (non-hydrogen) atoms. The van der Waals surface area contributed by atoms with Gasteiger partial charge in [-0.3, -0.25) is 0 Å². The molecule has 1 aromatic heterocycles. The molecular weight excluding hydrogens is 246 g/mol. The van der Waals surface area contributed by atoms with E-state index >= 15 is 0 Å². The maximum atomic E-state index is 11.2. The van der Waals surface area contributed by atoms with E-state index in [9.17, 15) is 4.79 Å². The van der Waals surface area contributed by atoms with Crippen molar-refractivity contribution in [2.45, 2.75) is 0 Å². The number of hydrogen-bond acceptors (Lipinski definition) is 5. The molecule has 2 rings (SSSR count). The summed E-state index contributed by atoms with van der Waals surface area (Å²) in [4.78, 5) is 15.2. The van der Waals surface area contributed by atoms with Crippen LogP contribution in [0, 0.1) is 0 Å². The van der Waals surface area contributed by atoms with Crippen LogP contribution in [0.25, 0.3) is 0 Å². The summed E-state index contributed by atoms with van der Waals surface area (Å²) >= 11 is 0. The molecule has 0 spiro atoms. The van der Waals surface area contributed by atoms with Crippen LogP contribution in [0.2, 0.25) is 0 Å². The molecule has 1 heterocycles. The molecule has 0 unspecified atom stereocenters. The molecule has 0 N–H and O–H groups in total. The van der Waals surface area contributed by atoms with Gasteiger partial charge in [-0.2, -0.15) is 0 Å². The molecule has 0 atom stereocenters. The maximum Gasteiger partial charge on any atom is 0.356 e. The van der Waals surface area contributed by atoms with Crippen LogP contribution < -0.4 is 9.47 Å². The fourth-order valence-corrected chi connectivity index (χ4v) is 1.50. The standard InChI is InChI=1S/C14H13NO4/c1-17-12-5-3-4-6-13(12)19-10-7-8-11(15-9-10)14(16)18-2/h3-9H,1-2H3. The first kappa shape index (κ1) is 12.9. The number of carbonyl (C=O) groups is 1. The highest BCUT2D eigenvalue weighted by atomic mass is 16.5. The number of pyridine rings is 1. The van der Waals surface area contributed by atoms with Gasteiger partial charge >= 0.3 is 5.97 Å². The lowest BCUT2D eigenvalue weighted by Gasteiger charge is -2.09. The largest absolute Gasteiger partial charge is 0.493 e. The van der Waals surface area contributed by atoms with E-state index in [-0.39, 0.29) is 5.69 Å². The van der Waals surface area contributed by atoms with Crippen molar-refractivity contribution in [1.82, 2.24) is 4.98 Å². The van der Waals surface area contributed by atoms with Crippen molar-refractivity contribution in [1.29, 1.82) is 0 Å². The second-order valence-corrected chi connectivity index (χ2v) is 3.62. The van der Waals surface area contributed by atoms with Crippen LogP contribution in [0.15, 0.2) is 42.6 Å². The minimum atomic E-state index is -0.483. The number of nitrogens with zero attached hydrogens (tertiary/aromatic N) is 1. The summed E-state index contributed by atoms with van der Waals surface area (Å²) in [6.45, 7) is 0. The number of ether oxygens (including phenoxy) is 3. The molecule has 0 amide bonds. The fraction of sp³-hybridized carbons (Fsp3) is 0.143. The molecule has 2 aromatic rings. The van der Waals surface area contributed by atoms with Gasteiger partial charge in [0.25, 0.3) is 0 Å². The second kappa shape index (κ2) is 5.86. The van der Waals surface area contributed by atoms with Crippen molar-refractivity contribution in [2.24, 2.45) is 0 Å². The maximum absolute atomic E-state index is 11.2. The van der Waals surface area contributed by atoms with E-state index in [1.54, 1.807) is 25.3 Å². The summed E-state index contributed by atoms with van der Waals surface area (Å²) in [6.07, 6.45) is 1.46. The molecular formula is C14H13NO4. The highest BCUT2D eigenvalue weighted by Crippen LogP contribution is 2.30. The fourth-order valence-electron chi connectivity index (χ4n) is 1.50. The van der Waals surface area contributed by atoms with Gasteiger partial charge in [0.05, 0.1) is 20.4 Å². The van der Waals surface area contributed by atoms with Crippen LogP contribution in [0.1, 0.15) is 10.5 Å². The first-order valence-corrected chi connectivity index (χ1v) is 5.60.